The van der Waals surface area contributed by atoms with Crippen molar-refractivity contribution in [2.45, 2.75) is 26.8 Å². The Hall–Kier alpha value is -1.38. The van der Waals surface area contributed by atoms with Crippen LogP contribution in [0.2, 0.25) is 10.0 Å². The highest BCUT2D eigenvalue weighted by atomic mass is 35.5. The maximum atomic E-state index is 6.22. The van der Waals surface area contributed by atoms with E-state index in [9.17, 15) is 0 Å². The molecule has 0 aliphatic heterocycles. The quantitative estimate of drug-likeness (QED) is 0.750. The molecule has 2 rings (SSSR count). The van der Waals surface area contributed by atoms with E-state index in [-0.39, 0.29) is 0 Å². The lowest BCUT2D eigenvalue weighted by Gasteiger charge is -2.15. The number of benzene rings is 2. The lowest BCUT2D eigenvalue weighted by atomic mass is 10.1. The van der Waals surface area contributed by atoms with Crippen LogP contribution in [-0.4, -0.2) is 6.61 Å². The molecule has 0 fully saturated rings. The van der Waals surface area contributed by atoms with Crippen molar-refractivity contribution in [1.29, 1.82) is 0 Å². The van der Waals surface area contributed by atoms with Crippen LogP contribution in [0.4, 0.5) is 5.69 Å². The van der Waals surface area contributed by atoms with Crippen molar-refractivity contribution in [2.75, 3.05) is 11.9 Å². The van der Waals surface area contributed by atoms with Gasteiger partial charge in [-0.25, -0.2) is 0 Å². The molecule has 21 heavy (non-hydrogen) atoms. The van der Waals surface area contributed by atoms with Crippen molar-refractivity contribution in [3.63, 3.8) is 0 Å². The second-order valence-corrected chi connectivity index (χ2v) is 5.52. The monoisotopic (exact) mass is 323 g/mol. The van der Waals surface area contributed by atoms with Gasteiger partial charge in [0.25, 0.3) is 0 Å². The van der Waals surface area contributed by atoms with Gasteiger partial charge in [0.1, 0.15) is 5.75 Å². The van der Waals surface area contributed by atoms with Gasteiger partial charge in [0.2, 0.25) is 0 Å². The third kappa shape index (κ3) is 4.05. The number of ether oxygens (including phenoxy) is 1. The predicted molar refractivity (Wildman–Crippen MR) is 90.8 cm³/mol. The van der Waals surface area contributed by atoms with Gasteiger partial charge in [-0.2, -0.15) is 0 Å². The number of nitrogens with one attached hydrogen (secondary N) is 1. The van der Waals surface area contributed by atoms with E-state index in [0.717, 1.165) is 17.7 Å². The van der Waals surface area contributed by atoms with Crippen molar-refractivity contribution in [3.05, 3.63) is 57.6 Å². The highest BCUT2D eigenvalue weighted by Crippen LogP contribution is 2.33. The van der Waals surface area contributed by atoms with E-state index >= 15 is 0 Å². The van der Waals surface area contributed by atoms with Gasteiger partial charge in [-0.05, 0) is 37.1 Å². The number of hydrogen-bond donors (Lipinski definition) is 1. The van der Waals surface area contributed by atoms with Crippen LogP contribution >= 0.6 is 23.2 Å². The van der Waals surface area contributed by atoms with Crippen LogP contribution in [-0.2, 0) is 13.0 Å². The predicted octanol–water partition coefficient (Wildman–Crippen LogP) is 5.57. The number of aryl methyl sites for hydroxylation is 1. The van der Waals surface area contributed by atoms with Crippen molar-refractivity contribution < 1.29 is 4.74 Å². The van der Waals surface area contributed by atoms with Crippen molar-refractivity contribution >= 4 is 28.9 Å². The molecule has 0 amide bonds. The smallest absolute Gasteiger partial charge is 0.142 e. The minimum absolute atomic E-state index is 0.546. The minimum Gasteiger partial charge on any atom is -0.492 e. The standard InChI is InChI=1S/C17H19Cl2NO/c1-3-12-7-5-6-8-16(12)20-11-13-9-14(18)10-15(19)17(13)21-4-2/h5-10,20H,3-4,11H2,1-2H3. The summed E-state index contributed by atoms with van der Waals surface area (Å²) in [6, 6.07) is 11.9. The fraction of sp³-hybridized carbons (Fsp3) is 0.294. The lowest BCUT2D eigenvalue weighted by molar-refractivity contribution is 0.337. The zero-order valence-corrected chi connectivity index (χ0v) is 13.8. The minimum atomic E-state index is 0.546. The van der Waals surface area contributed by atoms with Crippen LogP contribution in [0, 0.1) is 0 Å². The van der Waals surface area contributed by atoms with Crippen LogP contribution in [0.25, 0.3) is 0 Å². The SMILES string of the molecule is CCOc1c(Cl)cc(Cl)cc1CNc1ccccc1CC. The first-order chi connectivity index (χ1) is 10.2. The normalized spacial score (nSPS) is 10.5. The molecule has 2 aromatic carbocycles. The Morgan fingerprint density at radius 2 is 1.81 bits per heavy atom. The first kappa shape index (κ1) is 16.0. The molecule has 0 saturated carbocycles. The molecular formula is C17H19Cl2NO. The molecule has 0 atom stereocenters. The van der Waals surface area contributed by atoms with Crippen molar-refractivity contribution in [3.8, 4) is 5.75 Å². The third-order valence-corrected chi connectivity index (χ3v) is 3.74. The molecule has 4 heteroatoms. The average molecular weight is 324 g/mol. The van der Waals surface area contributed by atoms with Crippen LogP contribution in [0.1, 0.15) is 25.0 Å². The zero-order valence-electron chi connectivity index (χ0n) is 12.2. The second kappa shape index (κ2) is 7.58. The Balaban J connectivity index is 2.23. The topological polar surface area (TPSA) is 21.3 Å². The van der Waals surface area contributed by atoms with E-state index < -0.39 is 0 Å². The van der Waals surface area contributed by atoms with Crippen molar-refractivity contribution in [1.82, 2.24) is 0 Å². The summed E-state index contributed by atoms with van der Waals surface area (Å²) in [7, 11) is 0. The van der Waals surface area contributed by atoms with Gasteiger partial charge < -0.3 is 10.1 Å². The van der Waals surface area contributed by atoms with Crippen LogP contribution in [0.3, 0.4) is 0 Å². The Morgan fingerprint density at radius 1 is 1.05 bits per heavy atom. The van der Waals surface area contributed by atoms with Gasteiger partial charge in [0.15, 0.2) is 0 Å². The van der Waals surface area contributed by atoms with Crippen LogP contribution < -0.4 is 10.1 Å². The molecule has 0 heterocycles. The second-order valence-electron chi connectivity index (χ2n) is 4.67. The Kier molecular flexibility index (Phi) is 5.77. The molecule has 2 aromatic rings. The molecule has 0 aliphatic carbocycles. The first-order valence-electron chi connectivity index (χ1n) is 7.08. The number of anilines is 1. The highest BCUT2D eigenvalue weighted by Gasteiger charge is 2.11. The summed E-state index contributed by atoms with van der Waals surface area (Å²) < 4.78 is 5.64. The van der Waals surface area contributed by atoms with Gasteiger partial charge in [-0.3, -0.25) is 0 Å². The molecule has 0 saturated heterocycles. The maximum absolute atomic E-state index is 6.22. The fourth-order valence-corrected chi connectivity index (χ4v) is 2.83. The van der Waals surface area contributed by atoms with E-state index in [2.05, 4.69) is 24.4 Å². The summed E-state index contributed by atoms with van der Waals surface area (Å²) >= 11 is 12.3. The van der Waals surface area contributed by atoms with E-state index in [1.807, 2.05) is 25.1 Å². The van der Waals surface area contributed by atoms with E-state index in [1.165, 1.54) is 5.56 Å². The molecule has 0 radical (unpaired) electrons. The molecule has 0 aromatic heterocycles. The van der Waals surface area contributed by atoms with E-state index in [0.29, 0.717) is 28.9 Å². The van der Waals surface area contributed by atoms with E-state index in [4.69, 9.17) is 27.9 Å². The van der Waals surface area contributed by atoms with Gasteiger partial charge in [0.05, 0.1) is 11.6 Å². The average Bonchev–Trinajstić information content (AvgIpc) is 2.48. The summed E-state index contributed by atoms with van der Waals surface area (Å²) in [5.41, 5.74) is 3.36. The maximum Gasteiger partial charge on any atom is 0.142 e. The molecule has 0 spiro atoms. The molecule has 0 aliphatic rings. The highest BCUT2D eigenvalue weighted by molar-refractivity contribution is 6.35. The largest absolute Gasteiger partial charge is 0.492 e. The molecule has 112 valence electrons. The van der Waals surface area contributed by atoms with Gasteiger partial charge in [-0.1, -0.05) is 48.3 Å². The zero-order chi connectivity index (χ0) is 15.2. The molecule has 1 N–H and O–H groups in total. The van der Waals surface area contributed by atoms with Gasteiger partial charge in [0, 0.05) is 22.8 Å². The van der Waals surface area contributed by atoms with Gasteiger partial charge >= 0.3 is 0 Å². The molecule has 2 nitrogen and oxygen atoms in total. The van der Waals surface area contributed by atoms with Gasteiger partial charge in [-0.15, -0.1) is 0 Å². The molecule has 0 bridgehead atoms. The van der Waals surface area contributed by atoms with Crippen LogP contribution in [0.15, 0.2) is 36.4 Å². The Morgan fingerprint density at radius 3 is 2.52 bits per heavy atom. The summed E-state index contributed by atoms with van der Waals surface area (Å²) in [4.78, 5) is 0. The molecule has 0 unspecified atom stereocenters. The number of hydrogen-bond acceptors (Lipinski definition) is 2. The summed E-state index contributed by atoms with van der Waals surface area (Å²) in [5.74, 6) is 0.699. The lowest BCUT2D eigenvalue weighted by Crippen LogP contribution is -2.05. The number of halogens is 2. The fourth-order valence-electron chi connectivity index (χ4n) is 2.24. The number of rotatable bonds is 6. The van der Waals surface area contributed by atoms with Crippen LogP contribution in [0.5, 0.6) is 5.75 Å². The van der Waals surface area contributed by atoms with Crippen molar-refractivity contribution in [2.24, 2.45) is 0 Å². The van der Waals surface area contributed by atoms with E-state index in [1.54, 1.807) is 6.07 Å². The molecular weight excluding hydrogens is 305 g/mol. The summed E-state index contributed by atoms with van der Waals surface area (Å²) in [6.07, 6.45) is 0.984. The Bertz CT molecular complexity index is 614. The summed E-state index contributed by atoms with van der Waals surface area (Å²) in [6.45, 7) is 5.27. The summed E-state index contributed by atoms with van der Waals surface area (Å²) in [5, 5.41) is 4.60. The first-order valence-corrected chi connectivity index (χ1v) is 7.83. The number of para-hydroxylation sites is 1. The third-order valence-electron chi connectivity index (χ3n) is 3.24. The Labute approximate surface area is 136 Å².